The van der Waals surface area contributed by atoms with Crippen LogP contribution in [0.3, 0.4) is 0 Å². The van der Waals surface area contributed by atoms with Crippen molar-refractivity contribution in [2.24, 2.45) is 0 Å². The van der Waals surface area contributed by atoms with E-state index in [1.807, 2.05) is 35.0 Å². The Kier molecular flexibility index (Phi) is 4.88. The molecule has 0 saturated carbocycles. The predicted molar refractivity (Wildman–Crippen MR) is 102 cm³/mol. The Balaban J connectivity index is 1.62. The Hall–Kier alpha value is -2.76. The number of carbonyl (C=O) groups excluding carboxylic acids is 1. The first-order valence-electron chi connectivity index (χ1n) is 9.45. The number of hydrogen-bond donors (Lipinski definition) is 0. The maximum Gasteiger partial charge on any atom is 0.254 e. The number of rotatable bonds is 4. The first kappa shape index (κ1) is 17.6. The molecule has 140 valence electrons. The SMILES string of the molecule is Cc1cc(C(=O)N2CCCC[C@@H]2CCn2ccnc2)c2ccc(F)cc2n1. The molecule has 3 heterocycles. The predicted octanol–water partition coefficient (Wildman–Crippen LogP) is 3.96. The number of imidazole rings is 1. The zero-order chi connectivity index (χ0) is 18.8. The molecular weight excluding hydrogens is 343 g/mol. The van der Waals surface area contributed by atoms with Crippen LogP contribution >= 0.6 is 0 Å². The van der Waals surface area contributed by atoms with E-state index in [0.29, 0.717) is 16.5 Å². The van der Waals surface area contributed by atoms with Gasteiger partial charge in [0, 0.05) is 48.7 Å². The summed E-state index contributed by atoms with van der Waals surface area (Å²) in [7, 11) is 0. The first-order valence-corrected chi connectivity index (χ1v) is 9.45. The Bertz CT molecular complexity index is 949. The van der Waals surface area contributed by atoms with Gasteiger partial charge in [-0.05, 0) is 50.8 Å². The molecule has 1 saturated heterocycles. The summed E-state index contributed by atoms with van der Waals surface area (Å²) < 4.78 is 15.7. The standard InChI is InChI=1S/C21H23FN4O/c1-15-12-19(18-6-5-16(22)13-20(18)24-15)21(27)26-9-3-2-4-17(26)7-10-25-11-8-23-14-25/h5-6,8,11-14,17H,2-4,7,9-10H2,1H3/t17-/m1/s1. The van der Waals surface area contributed by atoms with Crippen LogP contribution in [0.5, 0.6) is 0 Å². The van der Waals surface area contributed by atoms with Crippen LogP contribution in [0.1, 0.15) is 41.7 Å². The van der Waals surface area contributed by atoms with Gasteiger partial charge in [-0.1, -0.05) is 0 Å². The number of hydrogen-bond acceptors (Lipinski definition) is 3. The Morgan fingerprint density at radius 2 is 2.19 bits per heavy atom. The van der Waals surface area contributed by atoms with Crippen LogP contribution in [0.2, 0.25) is 0 Å². The number of likely N-dealkylation sites (tertiary alicyclic amines) is 1. The molecular formula is C21H23FN4O. The third-order valence-electron chi connectivity index (χ3n) is 5.30. The second-order valence-electron chi connectivity index (χ2n) is 7.21. The van der Waals surface area contributed by atoms with Crippen molar-refractivity contribution in [2.45, 2.75) is 45.2 Å². The second kappa shape index (κ2) is 7.47. The minimum Gasteiger partial charge on any atom is -0.337 e. The maximum atomic E-state index is 13.6. The van der Waals surface area contributed by atoms with Gasteiger partial charge in [-0.25, -0.2) is 9.37 Å². The number of fused-ring (bicyclic) bond motifs is 1. The minimum atomic E-state index is -0.338. The summed E-state index contributed by atoms with van der Waals surface area (Å²) in [6.07, 6.45) is 9.60. The molecule has 0 spiro atoms. The molecule has 27 heavy (non-hydrogen) atoms. The molecule has 0 bridgehead atoms. The molecule has 0 unspecified atom stereocenters. The van der Waals surface area contributed by atoms with E-state index in [2.05, 4.69) is 9.97 Å². The Morgan fingerprint density at radius 3 is 3.00 bits per heavy atom. The molecule has 0 aliphatic carbocycles. The van der Waals surface area contributed by atoms with Gasteiger partial charge in [0.1, 0.15) is 5.82 Å². The van der Waals surface area contributed by atoms with Crippen LogP contribution in [0.15, 0.2) is 43.0 Å². The molecule has 1 aromatic carbocycles. The van der Waals surface area contributed by atoms with Gasteiger partial charge < -0.3 is 9.47 Å². The van der Waals surface area contributed by atoms with E-state index in [4.69, 9.17) is 0 Å². The van der Waals surface area contributed by atoms with Crippen molar-refractivity contribution in [3.05, 3.63) is 60.1 Å². The molecule has 1 aliphatic heterocycles. The van der Waals surface area contributed by atoms with E-state index in [1.165, 1.54) is 12.1 Å². The van der Waals surface area contributed by atoms with Crippen LogP contribution in [0.4, 0.5) is 4.39 Å². The number of benzene rings is 1. The molecule has 1 atom stereocenters. The van der Waals surface area contributed by atoms with Crippen molar-refractivity contribution in [1.82, 2.24) is 19.4 Å². The van der Waals surface area contributed by atoms with E-state index < -0.39 is 0 Å². The first-order chi connectivity index (χ1) is 13.1. The van der Waals surface area contributed by atoms with E-state index >= 15 is 0 Å². The van der Waals surface area contributed by atoms with Gasteiger partial charge in [0.05, 0.1) is 17.4 Å². The molecule has 1 aliphatic rings. The summed E-state index contributed by atoms with van der Waals surface area (Å²) in [6.45, 7) is 3.45. The van der Waals surface area contributed by atoms with Crippen LogP contribution < -0.4 is 0 Å². The van der Waals surface area contributed by atoms with E-state index in [0.717, 1.165) is 44.5 Å². The summed E-state index contributed by atoms with van der Waals surface area (Å²) in [5.41, 5.74) is 1.88. The van der Waals surface area contributed by atoms with E-state index in [9.17, 15) is 9.18 Å². The van der Waals surface area contributed by atoms with Crippen molar-refractivity contribution in [1.29, 1.82) is 0 Å². The summed E-state index contributed by atoms with van der Waals surface area (Å²) >= 11 is 0. The van der Waals surface area contributed by atoms with Gasteiger partial charge in [-0.3, -0.25) is 9.78 Å². The topological polar surface area (TPSA) is 51.0 Å². The normalized spacial score (nSPS) is 17.4. The maximum absolute atomic E-state index is 13.6. The second-order valence-corrected chi connectivity index (χ2v) is 7.21. The summed E-state index contributed by atoms with van der Waals surface area (Å²) in [5.74, 6) is -0.317. The lowest BCUT2D eigenvalue weighted by molar-refractivity contribution is 0.0597. The molecule has 6 heteroatoms. The fourth-order valence-corrected chi connectivity index (χ4v) is 3.95. The van der Waals surface area contributed by atoms with Crippen LogP contribution in [-0.2, 0) is 6.54 Å². The molecule has 1 amide bonds. The van der Waals surface area contributed by atoms with Crippen molar-refractivity contribution >= 4 is 16.8 Å². The third-order valence-corrected chi connectivity index (χ3v) is 5.30. The number of carbonyl (C=O) groups is 1. The van der Waals surface area contributed by atoms with Gasteiger partial charge in [0.15, 0.2) is 0 Å². The lowest BCUT2D eigenvalue weighted by atomic mass is 9.97. The lowest BCUT2D eigenvalue weighted by Gasteiger charge is -2.36. The molecule has 0 radical (unpaired) electrons. The number of halogens is 1. The average Bonchev–Trinajstić information content (AvgIpc) is 3.18. The lowest BCUT2D eigenvalue weighted by Crippen LogP contribution is -2.44. The van der Waals surface area contributed by atoms with Crippen LogP contribution in [-0.4, -0.2) is 37.9 Å². The highest BCUT2D eigenvalue weighted by Crippen LogP contribution is 2.26. The monoisotopic (exact) mass is 366 g/mol. The van der Waals surface area contributed by atoms with E-state index in [1.54, 1.807) is 12.3 Å². The van der Waals surface area contributed by atoms with Gasteiger partial charge in [-0.2, -0.15) is 0 Å². The molecule has 0 N–H and O–H groups in total. The number of aryl methyl sites for hydroxylation is 2. The fourth-order valence-electron chi connectivity index (χ4n) is 3.95. The van der Waals surface area contributed by atoms with Gasteiger partial charge >= 0.3 is 0 Å². The van der Waals surface area contributed by atoms with Crippen molar-refractivity contribution in [2.75, 3.05) is 6.54 Å². The molecule has 5 nitrogen and oxygen atoms in total. The largest absolute Gasteiger partial charge is 0.337 e. The molecule has 3 aromatic rings. The van der Waals surface area contributed by atoms with E-state index in [-0.39, 0.29) is 17.8 Å². The van der Waals surface area contributed by atoms with Crippen LogP contribution in [0.25, 0.3) is 10.9 Å². The van der Waals surface area contributed by atoms with Gasteiger partial charge in [0.25, 0.3) is 5.91 Å². The van der Waals surface area contributed by atoms with Crippen LogP contribution in [0, 0.1) is 12.7 Å². The molecule has 1 fully saturated rings. The highest BCUT2D eigenvalue weighted by atomic mass is 19.1. The fraction of sp³-hybridized carbons (Fsp3) is 0.381. The Morgan fingerprint density at radius 1 is 1.30 bits per heavy atom. The number of pyridine rings is 1. The zero-order valence-electron chi connectivity index (χ0n) is 15.4. The van der Waals surface area contributed by atoms with Crippen molar-refractivity contribution < 1.29 is 9.18 Å². The summed E-state index contributed by atoms with van der Waals surface area (Å²) in [4.78, 5) is 23.9. The van der Waals surface area contributed by atoms with Crippen molar-refractivity contribution in [3.63, 3.8) is 0 Å². The van der Waals surface area contributed by atoms with Gasteiger partial charge in [0.2, 0.25) is 0 Å². The summed E-state index contributed by atoms with van der Waals surface area (Å²) in [5, 5.41) is 0.714. The number of piperidine rings is 1. The quantitative estimate of drug-likeness (QED) is 0.702. The van der Waals surface area contributed by atoms with Crippen molar-refractivity contribution in [3.8, 4) is 0 Å². The van der Waals surface area contributed by atoms with Gasteiger partial charge in [-0.15, -0.1) is 0 Å². The third kappa shape index (κ3) is 3.70. The number of amides is 1. The minimum absolute atomic E-state index is 0.0208. The average molecular weight is 366 g/mol. The number of aromatic nitrogens is 3. The smallest absolute Gasteiger partial charge is 0.254 e. The Labute approximate surface area is 157 Å². The highest BCUT2D eigenvalue weighted by Gasteiger charge is 2.28. The highest BCUT2D eigenvalue weighted by molar-refractivity contribution is 6.06. The number of nitrogens with zero attached hydrogens (tertiary/aromatic N) is 4. The summed E-state index contributed by atoms with van der Waals surface area (Å²) in [6, 6.07) is 6.48. The molecule has 4 rings (SSSR count). The zero-order valence-corrected chi connectivity index (χ0v) is 15.4. The molecule has 2 aromatic heterocycles.